The van der Waals surface area contributed by atoms with E-state index in [1.165, 1.54) is 37.7 Å². The molecule has 0 aromatic heterocycles. The first kappa shape index (κ1) is 16.8. The first-order valence-corrected chi connectivity index (χ1v) is 8.74. The van der Waals surface area contributed by atoms with Crippen LogP contribution in [0.15, 0.2) is 23.3 Å². The van der Waals surface area contributed by atoms with Gasteiger partial charge in [0.05, 0.1) is 6.61 Å². The molecule has 0 aromatic carbocycles. The first-order valence-electron chi connectivity index (χ1n) is 8.74. The fraction of sp³-hybridized carbons (Fsp3) is 0.800. The minimum Gasteiger partial charge on any atom is -0.392 e. The predicted octanol–water partition coefficient (Wildman–Crippen LogP) is 5.50. The molecule has 0 radical (unpaired) electrons. The third kappa shape index (κ3) is 3.28. The summed E-state index contributed by atoms with van der Waals surface area (Å²) in [6, 6.07) is 0. The van der Waals surface area contributed by atoms with E-state index < -0.39 is 0 Å². The van der Waals surface area contributed by atoms with Crippen LogP contribution in [-0.2, 0) is 0 Å². The van der Waals surface area contributed by atoms with Gasteiger partial charge in [-0.05, 0) is 68.6 Å². The van der Waals surface area contributed by atoms with Crippen LogP contribution in [0.4, 0.5) is 0 Å². The Balaban J connectivity index is 2.20. The molecule has 1 heteroatoms. The monoisotopic (exact) mass is 290 g/mol. The summed E-state index contributed by atoms with van der Waals surface area (Å²) in [6.45, 7) is 12.2. The summed E-state index contributed by atoms with van der Waals surface area (Å²) >= 11 is 0. The summed E-state index contributed by atoms with van der Waals surface area (Å²) in [7, 11) is 0. The fourth-order valence-corrected chi connectivity index (χ4v) is 5.32. The smallest absolute Gasteiger partial charge is 0.0614 e. The lowest BCUT2D eigenvalue weighted by molar-refractivity contribution is -0.0390. The highest BCUT2D eigenvalue weighted by atomic mass is 16.2. The summed E-state index contributed by atoms with van der Waals surface area (Å²) in [5, 5.41) is 9.04. The quantitative estimate of drug-likeness (QED) is 0.677. The lowest BCUT2D eigenvalue weighted by Gasteiger charge is -2.57. The van der Waals surface area contributed by atoms with Crippen molar-refractivity contribution in [2.45, 2.75) is 73.1 Å². The normalized spacial score (nSPS) is 36.1. The van der Waals surface area contributed by atoms with Crippen LogP contribution in [0.1, 0.15) is 73.1 Å². The van der Waals surface area contributed by atoms with Crippen LogP contribution in [0.5, 0.6) is 0 Å². The standard InChI is InChI=1S/C20H34O/c1-15(11-14-21)7-9-17-16(2)8-10-18-19(3,4)12-6-13-20(17,18)5/h8,11,17-18,21H,6-7,9-10,12-14H2,1-5H3/t17-,18-,20+/m0/s1. The van der Waals surface area contributed by atoms with Crippen molar-refractivity contribution in [2.24, 2.45) is 22.7 Å². The minimum absolute atomic E-state index is 0.179. The molecule has 1 N–H and O–H groups in total. The Morgan fingerprint density at radius 1 is 1.33 bits per heavy atom. The molecule has 21 heavy (non-hydrogen) atoms. The van der Waals surface area contributed by atoms with Gasteiger partial charge < -0.3 is 5.11 Å². The lowest BCUT2D eigenvalue weighted by atomic mass is 9.48. The molecular weight excluding hydrogens is 256 g/mol. The van der Waals surface area contributed by atoms with Gasteiger partial charge in [0.25, 0.3) is 0 Å². The van der Waals surface area contributed by atoms with Gasteiger partial charge in [-0.15, -0.1) is 0 Å². The van der Waals surface area contributed by atoms with Crippen molar-refractivity contribution in [2.75, 3.05) is 6.61 Å². The predicted molar refractivity (Wildman–Crippen MR) is 91.2 cm³/mol. The van der Waals surface area contributed by atoms with Crippen molar-refractivity contribution < 1.29 is 5.11 Å². The van der Waals surface area contributed by atoms with Crippen LogP contribution in [0.25, 0.3) is 0 Å². The van der Waals surface area contributed by atoms with E-state index in [1.54, 1.807) is 5.57 Å². The van der Waals surface area contributed by atoms with Crippen molar-refractivity contribution in [1.29, 1.82) is 0 Å². The molecule has 0 bridgehead atoms. The van der Waals surface area contributed by atoms with E-state index in [0.717, 1.165) is 18.3 Å². The molecular formula is C20H34O. The van der Waals surface area contributed by atoms with Crippen LogP contribution >= 0.6 is 0 Å². The van der Waals surface area contributed by atoms with E-state index in [-0.39, 0.29) is 6.61 Å². The Morgan fingerprint density at radius 3 is 2.71 bits per heavy atom. The second-order valence-electron chi connectivity index (χ2n) is 8.41. The molecule has 0 aromatic rings. The number of aliphatic hydroxyl groups excluding tert-OH is 1. The molecule has 2 aliphatic carbocycles. The molecule has 1 saturated carbocycles. The van der Waals surface area contributed by atoms with E-state index in [2.05, 4.69) is 40.7 Å². The highest BCUT2D eigenvalue weighted by molar-refractivity contribution is 5.18. The van der Waals surface area contributed by atoms with Crippen LogP contribution in [0, 0.1) is 22.7 Å². The van der Waals surface area contributed by atoms with Crippen LogP contribution in [0.3, 0.4) is 0 Å². The molecule has 0 aliphatic heterocycles. The molecule has 2 rings (SSSR count). The van der Waals surface area contributed by atoms with Gasteiger partial charge in [-0.3, -0.25) is 0 Å². The fourth-order valence-electron chi connectivity index (χ4n) is 5.32. The Bertz CT molecular complexity index is 429. The van der Waals surface area contributed by atoms with Crippen LogP contribution in [0.2, 0.25) is 0 Å². The molecule has 0 heterocycles. The molecule has 0 spiro atoms. The van der Waals surface area contributed by atoms with Crippen LogP contribution < -0.4 is 0 Å². The lowest BCUT2D eigenvalue weighted by Crippen LogP contribution is -2.48. The van der Waals surface area contributed by atoms with Gasteiger partial charge in [-0.2, -0.15) is 0 Å². The number of hydrogen-bond donors (Lipinski definition) is 1. The molecule has 0 saturated heterocycles. The Labute approximate surface area is 131 Å². The van der Waals surface area contributed by atoms with Crippen LogP contribution in [-0.4, -0.2) is 11.7 Å². The zero-order chi connectivity index (χ0) is 15.7. The third-order valence-electron chi connectivity index (χ3n) is 6.56. The maximum Gasteiger partial charge on any atom is 0.0614 e. The molecule has 0 amide bonds. The van der Waals surface area contributed by atoms with Gasteiger partial charge in [-0.25, -0.2) is 0 Å². The molecule has 1 fully saturated rings. The van der Waals surface area contributed by atoms with Gasteiger partial charge >= 0.3 is 0 Å². The van der Waals surface area contributed by atoms with Gasteiger partial charge in [0.2, 0.25) is 0 Å². The number of aliphatic hydroxyl groups is 1. The average Bonchev–Trinajstić information content (AvgIpc) is 2.37. The average molecular weight is 290 g/mol. The second-order valence-corrected chi connectivity index (χ2v) is 8.41. The second kappa shape index (κ2) is 6.28. The Kier molecular flexibility index (Phi) is 5.03. The molecule has 1 nitrogen and oxygen atoms in total. The van der Waals surface area contributed by atoms with Gasteiger partial charge in [0, 0.05) is 0 Å². The maximum atomic E-state index is 9.04. The highest BCUT2D eigenvalue weighted by Gasteiger charge is 2.51. The van der Waals surface area contributed by atoms with Gasteiger partial charge in [0.1, 0.15) is 0 Å². The van der Waals surface area contributed by atoms with Crippen molar-refractivity contribution in [3.8, 4) is 0 Å². The SMILES string of the molecule is CC(=CCO)CC[C@H]1C(C)=CC[C@H]2C(C)(C)CCC[C@]12C. The topological polar surface area (TPSA) is 20.2 Å². The zero-order valence-electron chi connectivity index (χ0n) is 14.7. The van der Waals surface area contributed by atoms with Crippen molar-refractivity contribution in [1.82, 2.24) is 0 Å². The minimum atomic E-state index is 0.179. The summed E-state index contributed by atoms with van der Waals surface area (Å²) in [4.78, 5) is 0. The Morgan fingerprint density at radius 2 is 2.05 bits per heavy atom. The van der Waals surface area contributed by atoms with Gasteiger partial charge in [-0.1, -0.05) is 50.5 Å². The number of allylic oxidation sites excluding steroid dienone is 3. The molecule has 2 aliphatic rings. The zero-order valence-corrected chi connectivity index (χ0v) is 14.7. The first-order chi connectivity index (χ1) is 9.81. The van der Waals surface area contributed by atoms with E-state index >= 15 is 0 Å². The number of hydrogen-bond acceptors (Lipinski definition) is 1. The highest BCUT2D eigenvalue weighted by Crippen LogP contribution is 2.60. The van der Waals surface area contributed by atoms with Crippen molar-refractivity contribution in [3.05, 3.63) is 23.3 Å². The Hall–Kier alpha value is -0.560. The van der Waals surface area contributed by atoms with E-state index in [9.17, 15) is 0 Å². The summed E-state index contributed by atoms with van der Waals surface area (Å²) in [5.41, 5.74) is 3.91. The molecule has 120 valence electrons. The van der Waals surface area contributed by atoms with E-state index in [4.69, 9.17) is 5.11 Å². The van der Waals surface area contributed by atoms with E-state index in [1.807, 2.05) is 6.08 Å². The third-order valence-corrected chi connectivity index (χ3v) is 6.56. The largest absolute Gasteiger partial charge is 0.392 e. The van der Waals surface area contributed by atoms with E-state index in [0.29, 0.717) is 10.8 Å². The van der Waals surface area contributed by atoms with Gasteiger partial charge in [0.15, 0.2) is 0 Å². The van der Waals surface area contributed by atoms with Crippen molar-refractivity contribution in [3.63, 3.8) is 0 Å². The maximum absolute atomic E-state index is 9.04. The number of rotatable bonds is 4. The molecule has 3 atom stereocenters. The van der Waals surface area contributed by atoms with Crippen molar-refractivity contribution >= 4 is 0 Å². The summed E-state index contributed by atoms with van der Waals surface area (Å²) in [6.07, 6.45) is 12.3. The summed E-state index contributed by atoms with van der Waals surface area (Å²) < 4.78 is 0. The summed E-state index contributed by atoms with van der Waals surface area (Å²) in [5.74, 6) is 1.55. The number of fused-ring (bicyclic) bond motifs is 1. The molecule has 0 unspecified atom stereocenters.